The highest BCUT2D eigenvalue weighted by Crippen LogP contribution is 2.44. The number of para-hydroxylation sites is 1. The Morgan fingerprint density at radius 1 is 0.379 bits per heavy atom. The van der Waals surface area contributed by atoms with Crippen molar-refractivity contribution in [3.05, 3.63) is 188 Å². The molecule has 0 radical (unpaired) electrons. The van der Waals surface area contributed by atoms with Crippen LogP contribution in [0.15, 0.2) is 182 Å². The van der Waals surface area contributed by atoms with Crippen molar-refractivity contribution in [1.29, 1.82) is 0 Å². The molecule has 5 nitrogen and oxygen atoms in total. The zero-order valence-corrected chi connectivity index (χ0v) is 32.3. The minimum absolute atomic E-state index is 0.632. The number of hydrogen-bond donors (Lipinski definition) is 0. The van der Waals surface area contributed by atoms with Crippen molar-refractivity contribution in [3.63, 3.8) is 0 Å². The first-order chi connectivity index (χ1) is 28.7. The first-order valence-electron chi connectivity index (χ1n) is 19.5. The summed E-state index contributed by atoms with van der Waals surface area (Å²) >= 11 is 1.88. The summed E-state index contributed by atoms with van der Waals surface area (Å²) in [4.78, 5) is 15.0. The van der Waals surface area contributed by atoms with Crippen molar-refractivity contribution >= 4 is 75.1 Å². The van der Waals surface area contributed by atoms with Crippen molar-refractivity contribution in [2.45, 2.75) is 6.92 Å². The molecule has 0 bridgehead atoms. The maximum Gasteiger partial charge on any atom is 0.164 e. The average molecular weight is 760 g/mol. The lowest BCUT2D eigenvalue weighted by Gasteiger charge is -2.12. The Kier molecular flexibility index (Phi) is 7.25. The quantitative estimate of drug-likeness (QED) is 0.176. The summed E-state index contributed by atoms with van der Waals surface area (Å²) in [6.07, 6.45) is 0. The fourth-order valence-corrected chi connectivity index (χ4v) is 10.00. The third kappa shape index (κ3) is 5.05. The van der Waals surface area contributed by atoms with Crippen molar-refractivity contribution < 1.29 is 0 Å². The maximum atomic E-state index is 5.05. The second-order valence-electron chi connectivity index (χ2n) is 14.9. The van der Waals surface area contributed by atoms with Gasteiger partial charge in [0, 0.05) is 65.1 Å². The van der Waals surface area contributed by atoms with Crippen LogP contribution in [0.4, 0.5) is 0 Å². The monoisotopic (exact) mass is 759 g/mol. The molecule has 0 aliphatic rings. The molecule has 8 aromatic carbocycles. The van der Waals surface area contributed by atoms with E-state index in [-0.39, 0.29) is 0 Å². The molecule has 0 fully saturated rings. The number of fused-ring (bicyclic) bond motifs is 10. The third-order valence-electron chi connectivity index (χ3n) is 11.4. The van der Waals surface area contributed by atoms with Crippen molar-refractivity contribution in [1.82, 2.24) is 24.1 Å². The van der Waals surface area contributed by atoms with Gasteiger partial charge in [0.25, 0.3) is 0 Å². The fraction of sp³-hybridized carbons (Fsp3) is 0.0192. The highest BCUT2D eigenvalue weighted by atomic mass is 32.1. The molecule has 272 valence electrons. The molecule has 0 unspecified atom stereocenters. The summed E-state index contributed by atoms with van der Waals surface area (Å²) in [5.41, 5.74) is 11.0. The number of thiophene rings is 1. The van der Waals surface area contributed by atoms with E-state index in [1.807, 2.05) is 72.0 Å². The number of rotatable bonds is 5. The molecule has 0 saturated heterocycles. The van der Waals surface area contributed by atoms with E-state index in [4.69, 9.17) is 15.0 Å². The van der Waals surface area contributed by atoms with Crippen LogP contribution in [0.5, 0.6) is 0 Å². The molecule has 4 aromatic heterocycles. The molecule has 0 amide bonds. The van der Waals surface area contributed by atoms with E-state index in [0.29, 0.717) is 17.5 Å². The molecule has 0 aliphatic carbocycles. The van der Waals surface area contributed by atoms with Crippen molar-refractivity contribution in [2.24, 2.45) is 0 Å². The minimum atomic E-state index is 0.632. The molecule has 0 aliphatic heterocycles. The normalized spacial score (nSPS) is 11.9. The topological polar surface area (TPSA) is 48.5 Å². The summed E-state index contributed by atoms with van der Waals surface area (Å²) < 4.78 is 7.49. The molecular weight excluding hydrogens is 727 g/mol. The third-order valence-corrected chi connectivity index (χ3v) is 12.6. The standard InChI is InChI=1S/C52H33N5S/c1-32-23-25-39-43-31-37(57-44-21-10-8-19-38(44)41-26-27-42-40-20-9-11-22-47(40)58-49(42)48(41)57)24-28-45(43)56(46(39)29-32)36-18-12-17-35(30-36)52-54-50(33-13-4-2-5-14-33)53-51(55-52)34-15-6-3-7-16-34/h2-31H,1H3. The summed E-state index contributed by atoms with van der Waals surface area (Å²) in [5.74, 6) is 1.92. The zero-order chi connectivity index (χ0) is 38.3. The predicted molar refractivity (Wildman–Crippen MR) is 242 cm³/mol. The molecule has 12 rings (SSSR count). The van der Waals surface area contributed by atoms with Gasteiger partial charge in [0.2, 0.25) is 0 Å². The summed E-state index contributed by atoms with van der Waals surface area (Å²) in [6.45, 7) is 2.17. The van der Waals surface area contributed by atoms with Crippen LogP contribution in [0.25, 0.3) is 109 Å². The van der Waals surface area contributed by atoms with Gasteiger partial charge in [-0.1, -0.05) is 133 Å². The lowest BCUT2D eigenvalue weighted by Crippen LogP contribution is -2.01. The average Bonchev–Trinajstić information content (AvgIpc) is 3.94. The lowest BCUT2D eigenvalue weighted by molar-refractivity contribution is 1.07. The summed E-state index contributed by atoms with van der Waals surface area (Å²) in [7, 11) is 0. The van der Waals surface area contributed by atoms with E-state index < -0.39 is 0 Å². The van der Waals surface area contributed by atoms with E-state index in [2.05, 4.69) is 137 Å². The molecule has 6 heteroatoms. The minimum Gasteiger partial charge on any atom is -0.309 e. The van der Waals surface area contributed by atoms with Gasteiger partial charge in [-0.05, 0) is 61.0 Å². The maximum absolute atomic E-state index is 5.05. The Morgan fingerprint density at radius 3 is 1.74 bits per heavy atom. The van der Waals surface area contributed by atoms with E-state index in [1.165, 1.54) is 58.3 Å². The van der Waals surface area contributed by atoms with Crippen LogP contribution in [-0.4, -0.2) is 24.1 Å². The van der Waals surface area contributed by atoms with Crippen LogP contribution >= 0.6 is 11.3 Å². The van der Waals surface area contributed by atoms with Gasteiger partial charge in [-0.25, -0.2) is 15.0 Å². The Hall–Kier alpha value is -7.41. The molecule has 58 heavy (non-hydrogen) atoms. The summed E-state index contributed by atoms with van der Waals surface area (Å²) in [6, 6.07) is 64.8. The van der Waals surface area contributed by atoms with Crippen LogP contribution in [0.1, 0.15) is 5.56 Å². The largest absolute Gasteiger partial charge is 0.309 e. The van der Waals surface area contributed by atoms with E-state index in [0.717, 1.165) is 39.1 Å². The number of hydrogen-bond acceptors (Lipinski definition) is 4. The second-order valence-corrected chi connectivity index (χ2v) is 16.0. The molecule has 12 aromatic rings. The Bertz CT molecular complexity index is 3520. The Balaban J connectivity index is 1.07. The zero-order valence-electron chi connectivity index (χ0n) is 31.5. The van der Waals surface area contributed by atoms with Gasteiger partial charge in [-0.3, -0.25) is 0 Å². The van der Waals surface area contributed by atoms with Gasteiger partial charge in [0.1, 0.15) is 0 Å². The lowest BCUT2D eigenvalue weighted by atomic mass is 10.1. The van der Waals surface area contributed by atoms with Gasteiger partial charge in [0.05, 0.1) is 26.8 Å². The van der Waals surface area contributed by atoms with E-state index >= 15 is 0 Å². The van der Waals surface area contributed by atoms with Crippen LogP contribution in [-0.2, 0) is 0 Å². The van der Waals surface area contributed by atoms with Gasteiger partial charge in [-0.2, -0.15) is 0 Å². The van der Waals surface area contributed by atoms with Gasteiger partial charge in [0.15, 0.2) is 17.5 Å². The molecule has 0 N–H and O–H groups in total. The Labute approximate surface area is 337 Å². The number of aromatic nitrogens is 5. The highest BCUT2D eigenvalue weighted by Gasteiger charge is 2.20. The van der Waals surface area contributed by atoms with E-state index in [1.54, 1.807) is 0 Å². The van der Waals surface area contributed by atoms with Gasteiger partial charge < -0.3 is 9.13 Å². The molecule has 0 atom stereocenters. The summed E-state index contributed by atoms with van der Waals surface area (Å²) in [5, 5.41) is 7.55. The molecule has 4 heterocycles. The SMILES string of the molecule is Cc1ccc2c3cc(-n4c5ccccc5c5ccc6c7ccccc7sc6c54)ccc3n(-c3cccc(-c4nc(-c5ccccc5)nc(-c5ccccc5)n4)c3)c2c1. The van der Waals surface area contributed by atoms with Crippen LogP contribution in [0.3, 0.4) is 0 Å². The molecular formula is C52H33N5S. The second kappa shape index (κ2) is 12.8. The van der Waals surface area contributed by atoms with Crippen LogP contribution in [0.2, 0.25) is 0 Å². The highest BCUT2D eigenvalue weighted by molar-refractivity contribution is 7.26. The van der Waals surface area contributed by atoms with Crippen LogP contribution in [0, 0.1) is 6.92 Å². The first-order valence-corrected chi connectivity index (χ1v) is 20.3. The number of aryl methyl sites for hydroxylation is 1. The van der Waals surface area contributed by atoms with Crippen molar-refractivity contribution in [2.75, 3.05) is 0 Å². The fourth-order valence-electron chi connectivity index (χ4n) is 8.76. The molecule has 0 saturated carbocycles. The first kappa shape index (κ1) is 32.8. The van der Waals surface area contributed by atoms with Crippen molar-refractivity contribution in [3.8, 4) is 45.5 Å². The van der Waals surface area contributed by atoms with E-state index in [9.17, 15) is 0 Å². The number of nitrogens with zero attached hydrogens (tertiary/aromatic N) is 5. The molecule has 0 spiro atoms. The predicted octanol–water partition coefficient (Wildman–Crippen LogP) is 13.7. The Morgan fingerprint density at radius 2 is 0.966 bits per heavy atom. The number of benzene rings is 8. The van der Waals surface area contributed by atoms with Gasteiger partial charge >= 0.3 is 0 Å². The van der Waals surface area contributed by atoms with Crippen LogP contribution < -0.4 is 0 Å². The smallest absolute Gasteiger partial charge is 0.164 e. The van der Waals surface area contributed by atoms with Gasteiger partial charge in [-0.15, -0.1) is 11.3 Å².